The third-order valence-electron chi connectivity index (χ3n) is 4.40. The van der Waals surface area contributed by atoms with E-state index in [0.29, 0.717) is 12.3 Å². The molecule has 25 heavy (non-hydrogen) atoms. The maximum Gasteiger partial charge on any atom is 0.222 e. The standard InChI is InChI=1S/C18H25N5O.ClH/c1-22-14-16(18(21-22)15-6-8-19-9-7-15)13-20-10-12-23-11-4-2-3-5-17(23)24;/h6-9,14,20H,2-5,10-13H2,1H3;1H. The average molecular weight is 364 g/mol. The molecule has 0 atom stereocenters. The maximum absolute atomic E-state index is 12.0. The third kappa shape index (κ3) is 5.28. The average Bonchev–Trinajstić information content (AvgIpc) is 2.85. The second kappa shape index (κ2) is 9.53. The topological polar surface area (TPSA) is 63.1 Å². The molecule has 3 rings (SSSR count). The van der Waals surface area contributed by atoms with Crippen LogP contribution in [0.15, 0.2) is 30.7 Å². The van der Waals surface area contributed by atoms with Gasteiger partial charge in [-0.2, -0.15) is 5.10 Å². The number of nitrogens with zero attached hydrogens (tertiary/aromatic N) is 4. The summed E-state index contributed by atoms with van der Waals surface area (Å²) in [4.78, 5) is 18.1. The molecule has 3 heterocycles. The lowest BCUT2D eigenvalue weighted by atomic mass is 10.1. The minimum absolute atomic E-state index is 0. The van der Waals surface area contributed by atoms with Gasteiger partial charge in [0.25, 0.3) is 0 Å². The molecule has 6 nitrogen and oxygen atoms in total. The van der Waals surface area contributed by atoms with Crippen LogP contribution in [0.25, 0.3) is 11.3 Å². The number of hydrogen-bond acceptors (Lipinski definition) is 4. The van der Waals surface area contributed by atoms with Crippen LogP contribution in [0.1, 0.15) is 31.2 Å². The first-order valence-corrected chi connectivity index (χ1v) is 8.65. The van der Waals surface area contributed by atoms with Crippen LogP contribution in [0.2, 0.25) is 0 Å². The van der Waals surface area contributed by atoms with E-state index in [1.807, 2.05) is 35.0 Å². The number of amides is 1. The van der Waals surface area contributed by atoms with Crippen LogP contribution in [0, 0.1) is 0 Å². The van der Waals surface area contributed by atoms with E-state index in [1.54, 1.807) is 12.4 Å². The first kappa shape index (κ1) is 19.4. The van der Waals surface area contributed by atoms with Gasteiger partial charge in [0.15, 0.2) is 0 Å². The number of aryl methyl sites for hydroxylation is 1. The van der Waals surface area contributed by atoms with Gasteiger partial charge in [0, 0.05) is 69.4 Å². The first-order chi connectivity index (χ1) is 11.7. The van der Waals surface area contributed by atoms with E-state index < -0.39 is 0 Å². The molecule has 2 aromatic heterocycles. The molecular formula is C18H26ClN5O. The summed E-state index contributed by atoms with van der Waals surface area (Å²) in [7, 11) is 1.93. The van der Waals surface area contributed by atoms with Gasteiger partial charge in [-0.25, -0.2) is 0 Å². The summed E-state index contributed by atoms with van der Waals surface area (Å²) in [5, 5.41) is 8.01. The van der Waals surface area contributed by atoms with Crippen LogP contribution in [0.5, 0.6) is 0 Å². The number of aromatic nitrogens is 3. The monoisotopic (exact) mass is 363 g/mol. The zero-order valence-electron chi connectivity index (χ0n) is 14.6. The molecule has 0 spiro atoms. The van der Waals surface area contributed by atoms with Crippen molar-refractivity contribution in [3.63, 3.8) is 0 Å². The van der Waals surface area contributed by atoms with E-state index in [9.17, 15) is 4.79 Å². The van der Waals surface area contributed by atoms with Gasteiger partial charge in [-0.3, -0.25) is 14.5 Å². The van der Waals surface area contributed by atoms with Gasteiger partial charge in [0.05, 0.1) is 5.69 Å². The zero-order chi connectivity index (χ0) is 16.8. The van der Waals surface area contributed by atoms with Crippen LogP contribution in [0.4, 0.5) is 0 Å². The van der Waals surface area contributed by atoms with Gasteiger partial charge in [-0.15, -0.1) is 12.4 Å². The van der Waals surface area contributed by atoms with Crippen molar-refractivity contribution in [1.82, 2.24) is 25.0 Å². The van der Waals surface area contributed by atoms with Gasteiger partial charge in [0.2, 0.25) is 5.91 Å². The summed E-state index contributed by atoms with van der Waals surface area (Å²) in [5.74, 6) is 0.299. The minimum Gasteiger partial charge on any atom is -0.341 e. The Morgan fingerprint density at radius 3 is 2.80 bits per heavy atom. The van der Waals surface area contributed by atoms with E-state index in [-0.39, 0.29) is 12.4 Å². The normalized spacial score (nSPS) is 14.9. The Balaban J connectivity index is 0.00000225. The van der Waals surface area contributed by atoms with Crippen molar-refractivity contribution in [2.45, 2.75) is 32.2 Å². The minimum atomic E-state index is 0. The van der Waals surface area contributed by atoms with Gasteiger partial charge in [-0.05, 0) is 25.0 Å². The molecule has 1 N–H and O–H groups in total. The van der Waals surface area contributed by atoms with Crippen molar-refractivity contribution in [2.24, 2.45) is 7.05 Å². The highest BCUT2D eigenvalue weighted by Crippen LogP contribution is 2.20. The Morgan fingerprint density at radius 2 is 2.00 bits per heavy atom. The number of carbonyl (C=O) groups is 1. The number of nitrogens with one attached hydrogen (secondary N) is 1. The van der Waals surface area contributed by atoms with Gasteiger partial charge in [0.1, 0.15) is 0 Å². The fourth-order valence-corrected chi connectivity index (χ4v) is 3.13. The maximum atomic E-state index is 12.0. The molecule has 7 heteroatoms. The van der Waals surface area contributed by atoms with Gasteiger partial charge in [-0.1, -0.05) is 6.42 Å². The Hall–Kier alpha value is -1.92. The van der Waals surface area contributed by atoms with Crippen molar-refractivity contribution >= 4 is 18.3 Å². The van der Waals surface area contributed by atoms with Crippen molar-refractivity contribution < 1.29 is 4.79 Å². The quantitative estimate of drug-likeness (QED) is 0.800. The zero-order valence-corrected chi connectivity index (χ0v) is 15.5. The summed E-state index contributed by atoms with van der Waals surface area (Å²) in [6.07, 6.45) is 9.64. The highest BCUT2D eigenvalue weighted by Gasteiger charge is 2.16. The highest BCUT2D eigenvalue weighted by atomic mass is 35.5. The number of hydrogen-bond donors (Lipinski definition) is 1. The van der Waals surface area contributed by atoms with E-state index in [1.165, 1.54) is 6.42 Å². The Kier molecular flexibility index (Phi) is 7.40. The van der Waals surface area contributed by atoms with Crippen molar-refractivity contribution in [1.29, 1.82) is 0 Å². The predicted molar refractivity (Wildman–Crippen MR) is 100 cm³/mol. The summed E-state index contributed by atoms with van der Waals surface area (Å²) in [6.45, 7) is 3.23. The smallest absolute Gasteiger partial charge is 0.222 e. The molecule has 0 saturated carbocycles. The molecule has 136 valence electrons. The molecule has 1 saturated heterocycles. The van der Waals surface area contributed by atoms with E-state index >= 15 is 0 Å². The predicted octanol–water partition coefficient (Wildman–Crippen LogP) is 2.40. The Morgan fingerprint density at radius 1 is 1.20 bits per heavy atom. The fraction of sp³-hybridized carbons (Fsp3) is 0.500. The van der Waals surface area contributed by atoms with Crippen molar-refractivity contribution in [3.8, 4) is 11.3 Å². The molecule has 0 aliphatic carbocycles. The fourth-order valence-electron chi connectivity index (χ4n) is 3.13. The van der Waals surface area contributed by atoms with Crippen LogP contribution >= 0.6 is 12.4 Å². The van der Waals surface area contributed by atoms with Gasteiger partial charge >= 0.3 is 0 Å². The summed E-state index contributed by atoms with van der Waals surface area (Å²) < 4.78 is 1.84. The van der Waals surface area contributed by atoms with Crippen molar-refractivity contribution in [3.05, 3.63) is 36.3 Å². The summed E-state index contributed by atoms with van der Waals surface area (Å²) in [5.41, 5.74) is 3.22. The second-order valence-electron chi connectivity index (χ2n) is 6.28. The third-order valence-corrected chi connectivity index (χ3v) is 4.40. The molecule has 1 fully saturated rings. The lowest BCUT2D eigenvalue weighted by molar-refractivity contribution is -0.130. The van der Waals surface area contributed by atoms with E-state index in [4.69, 9.17) is 0 Å². The molecule has 1 aliphatic rings. The highest BCUT2D eigenvalue weighted by molar-refractivity contribution is 5.85. The van der Waals surface area contributed by atoms with E-state index in [0.717, 1.165) is 55.8 Å². The first-order valence-electron chi connectivity index (χ1n) is 8.65. The number of pyridine rings is 1. The molecule has 1 amide bonds. The molecular weight excluding hydrogens is 338 g/mol. The van der Waals surface area contributed by atoms with Crippen LogP contribution < -0.4 is 5.32 Å². The number of carbonyl (C=O) groups excluding carboxylic acids is 1. The molecule has 2 aromatic rings. The molecule has 0 unspecified atom stereocenters. The lowest BCUT2D eigenvalue weighted by Gasteiger charge is -2.20. The SMILES string of the molecule is Cl.Cn1cc(CNCCN2CCCCCC2=O)c(-c2ccncc2)n1. The van der Waals surface area contributed by atoms with Crippen LogP contribution in [-0.2, 0) is 18.4 Å². The van der Waals surface area contributed by atoms with Gasteiger partial charge < -0.3 is 10.2 Å². The van der Waals surface area contributed by atoms with Crippen LogP contribution in [-0.4, -0.2) is 45.2 Å². The summed E-state index contributed by atoms with van der Waals surface area (Å²) in [6, 6.07) is 3.95. The number of likely N-dealkylation sites (tertiary alicyclic amines) is 1. The lowest BCUT2D eigenvalue weighted by Crippen LogP contribution is -2.36. The molecule has 0 bridgehead atoms. The van der Waals surface area contributed by atoms with Crippen LogP contribution in [0.3, 0.4) is 0 Å². The van der Waals surface area contributed by atoms with E-state index in [2.05, 4.69) is 15.4 Å². The number of rotatable bonds is 6. The Labute approximate surface area is 155 Å². The van der Waals surface area contributed by atoms with Crippen molar-refractivity contribution in [2.75, 3.05) is 19.6 Å². The largest absolute Gasteiger partial charge is 0.341 e. The number of halogens is 1. The molecule has 0 aromatic carbocycles. The molecule has 0 radical (unpaired) electrons. The second-order valence-corrected chi connectivity index (χ2v) is 6.28. The Bertz CT molecular complexity index is 673. The summed E-state index contributed by atoms with van der Waals surface area (Å²) >= 11 is 0. The molecule has 1 aliphatic heterocycles.